The molecule has 0 spiro atoms. The van der Waals surface area contributed by atoms with E-state index in [1.807, 2.05) is 0 Å². The number of ether oxygens (including phenoxy) is 3. The zero-order chi connectivity index (χ0) is 46.5. The van der Waals surface area contributed by atoms with E-state index in [-0.39, 0.29) is 31.1 Å². The second-order valence-corrected chi connectivity index (χ2v) is 17.4. The standard InChI is InChI=1S/C58H98O6/c1-4-7-10-13-16-19-22-24-25-26-27-28-29-30-31-32-33-34-37-39-42-45-48-51-57(60)63-54-55(53-62-56(59)50-47-44-41-38-35-21-18-15-12-9-6-3)64-58(61)52-49-46-43-40-36-23-20-17-14-11-8-5-2/h7,10,15-16,18-19,24-25,27-28,30-31,33-34,55H,4-6,8-9,11-14,17,20-23,26,29,32,35-54H2,1-3H3/b10-7-,18-15-,19-16-,25-24-,28-27-,31-30-,34-33-. The molecule has 0 rings (SSSR count). The third kappa shape index (κ3) is 49.6. The number of carbonyl (C=O) groups is 3. The average Bonchev–Trinajstić information content (AvgIpc) is 3.29. The van der Waals surface area contributed by atoms with Crippen molar-refractivity contribution >= 4 is 17.9 Å². The summed E-state index contributed by atoms with van der Waals surface area (Å²) < 4.78 is 16.8. The van der Waals surface area contributed by atoms with E-state index in [4.69, 9.17) is 14.2 Å². The Morgan fingerprint density at radius 2 is 0.625 bits per heavy atom. The number of allylic oxidation sites excluding steroid dienone is 14. The van der Waals surface area contributed by atoms with Crippen LogP contribution in [0.15, 0.2) is 85.1 Å². The number of rotatable bonds is 47. The van der Waals surface area contributed by atoms with Crippen LogP contribution in [0.4, 0.5) is 0 Å². The smallest absolute Gasteiger partial charge is 0.306 e. The summed E-state index contributed by atoms with van der Waals surface area (Å²) in [7, 11) is 0. The van der Waals surface area contributed by atoms with Crippen molar-refractivity contribution in [3.8, 4) is 0 Å². The van der Waals surface area contributed by atoms with Crippen molar-refractivity contribution in [2.24, 2.45) is 0 Å². The number of hydrogen-bond donors (Lipinski definition) is 0. The fourth-order valence-electron chi connectivity index (χ4n) is 7.13. The van der Waals surface area contributed by atoms with Crippen LogP contribution in [0.25, 0.3) is 0 Å². The maximum absolute atomic E-state index is 12.8. The molecule has 0 amide bonds. The topological polar surface area (TPSA) is 78.9 Å². The van der Waals surface area contributed by atoms with E-state index < -0.39 is 6.10 Å². The predicted molar refractivity (Wildman–Crippen MR) is 274 cm³/mol. The second kappa shape index (κ2) is 52.2. The Labute approximate surface area is 395 Å². The first-order valence-electron chi connectivity index (χ1n) is 26.6. The van der Waals surface area contributed by atoms with E-state index >= 15 is 0 Å². The third-order valence-corrected chi connectivity index (χ3v) is 11.1. The van der Waals surface area contributed by atoms with Crippen molar-refractivity contribution in [1.29, 1.82) is 0 Å². The molecule has 0 heterocycles. The summed E-state index contributed by atoms with van der Waals surface area (Å²) in [6.07, 6.45) is 67.1. The Morgan fingerprint density at radius 1 is 0.328 bits per heavy atom. The molecule has 0 saturated carbocycles. The van der Waals surface area contributed by atoms with Crippen molar-refractivity contribution in [2.75, 3.05) is 13.2 Å². The Morgan fingerprint density at radius 3 is 1.02 bits per heavy atom. The molecule has 0 N–H and O–H groups in total. The van der Waals surface area contributed by atoms with E-state index in [2.05, 4.69) is 106 Å². The molecule has 0 aliphatic carbocycles. The Hall–Kier alpha value is -3.41. The molecule has 0 bridgehead atoms. The lowest BCUT2D eigenvalue weighted by molar-refractivity contribution is -0.167. The van der Waals surface area contributed by atoms with Crippen molar-refractivity contribution in [3.05, 3.63) is 85.1 Å². The van der Waals surface area contributed by atoms with Crippen LogP contribution in [-0.4, -0.2) is 37.2 Å². The first kappa shape index (κ1) is 60.6. The summed E-state index contributed by atoms with van der Waals surface area (Å²) in [5.41, 5.74) is 0. The highest BCUT2D eigenvalue weighted by atomic mass is 16.6. The molecule has 6 heteroatoms. The van der Waals surface area contributed by atoms with Crippen LogP contribution in [-0.2, 0) is 28.6 Å². The van der Waals surface area contributed by atoms with Gasteiger partial charge in [0.15, 0.2) is 6.10 Å². The molecule has 366 valence electrons. The van der Waals surface area contributed by atoms with Gasteiger partial charge in [0.25, 0.3) is 0 Å². The van der Waals surface area contributed by atoms with Crippen LogP contribution < -0.4 is 0 Å². The Balaban J connectivity index is 4.36. The molecule has 0 aromatic heterocycles. The van der Waals surface area contributed by atoms with Gasteiger partial charge in [-0.1, -0.05) is 221 Å². The first-order chi connectivity index (χ1) is 31.5. The summed E-state index contributed by atoms with van der Waals surface area (Å²) in [6.45, 7) is 6.45. The summed E-state index contributed by atoms with van der Waals surface area (Å²) in [4.78, 5) is 37.9. The zero-order valence-electron chi connectivity index (χ0n) is 41.8. The largest absolute Gasteiger partial charge is 0.462 e. The molecule has 1 atom stereocenters. The second-order valence-electron chi connectivity index (χ2n) is 17.4. The SMILES string of the molecule is CC/C=C\C/C=C\C/C=C\C/C=C\C/C=C\C/C=C\CCCCCCC(=O)OCC(COC(=O)CCCCCCC/C=C\CCCC)OC(=O)CCCCCCCCCCCCCC. The van der Waals surface area contributed by atoms with Gasteiger partial charge < -0.3 is 14.2 Å². The number of esters is 3. The van der Waals surface area contributed by atoms with Gasteiger partial charge in [0.05, 0.1) is 0 Å². The van der Waals surface area contributed by atoms with E-state index in [0.29, 0.717) is 19.3 Å². The monoisotopic (exact) mass is 891 g/mol. The van der Waals surface area contributed by atoms with Crippen LogP contribution in [0.2, 0.25) is 0 Å². The van der Waals surface area contributed by atoms with Gasteiger partial charge in [-0.2, -0.15) is 0 Å². The van der Waals surface area contributed by atoms with Gasteiger partial charge in [-0.3, -0.25) is 14.4 Å². The van der Waals surface area contributed by atoms with Crippen LogP contribution in [0, 0.1) is 0 Å². The summed E-state index contributed by atoms with van der Waals surface area (Å²) in [5.74, 6) is -0.922. The van der Waals surface area contributed by atoms with Gasteiger partial charge in [-0.25, -0.2) is 0 Å². The lowest BCUT2D eigenvalue weighted by atomic mass is 10.0. The summed E-state index contributed by atoms with van der Waals surface area (Å²) in [6, 6.07) is 0. The van der Waals surface area contributed by atoms with Crippen LogP contribution in [0.1, 0.15) is 245 Å². The fourth-order valence-corrected chi connectivity index (χ4v) is 7.13. The molecule has 0 aliphatic heterocycles. The minimum atomic E-state index is -0.787. The highest BCUT2D eigenvalue weighted by molar-refractivity contribution is 5.71. The molecule has 0 aromatic rings. The van der Waals surface area contributed by atoms with Crippen molar-refractivity contribution in [3.63, 3.8) is 0 Å². The number of hydrogen-bond acceptors (Lipinski definition) is 6. The predicted octanol–water partition coefficient (Wildman–Crippen LogP) is 17.6. The molecular weight excluding hydrogens is 793 g/mol. The zero-order valence-corrected chi connectivity index (χ0v) is 41.8. The van der Waals surface area contributed by atoms with Crippen LogP contribution in [0.3, 0.4) is 0 Å². The molecule has 0 fully saturated rings. The first-order valence-corrected chi connectivity index (χ1v) is 26.6. The van der Waals surface area contributed by atoms with Crippen molar-refractivity contribution < 1.29 is 28.6 Å². The molecule has 0 radical (unpaired) electrons. The molecule has 64 heavy (non-hydrogen) atoms. The van der Waals surface area contributed by atoms with Gasteiger partial charge in [0.1, 0.15) is 13.2 Å². The summed E-state index contributed by atoms with van der Waals surface area (Å²) >= 11 is 0. The quantitative estimate of drug-likeness (QED) is 0.0262. The molecule has 0 aliphatic rings. The van der Waals surface area contributed by atoms with E-state index in [1.54, 1.807) is 0 Å². The molecule has 0 aromatic carbocycles. The minimum Gasteiger partial charge on any atom is -0.462 e. The van der Waals surface area contributed by atoms with Gasteiger partial charge in [-0.15, -0.1) is 0 Å². The normalized spacial score (nSPS) is 12.7. The maximum atomic E-state index is 12.8. The lowest BCUT2D eigenvalue weighted by Crippen LogP contribution is -2.30. The number of carbonyl (C=O) groups excluding carboxylic acids is 3. The van der Waals surface area contributed by atoms with Crippen LogP contribution in [0.5, 0.6) is 0 Å². The van der Waals surface area contributed by atoms with Gasteiger partial charge >= 0.3 is 17.9 Å². The minimum absolute atomic E-state index is 0.0880. The highest BCUT2D eigenvalue weighted by Gasteiger charge is 2.19. The van der Waals surface area contributed by atoms with Crippen molar-refractivity contribution in [2.45, 2.75) is 252 Å². The molecular formula is C58H98O6. The summed E-state index contributed by atoms with van der Waals surface area (Å²) in [5, 5.41) is 0. The third-order valence-electron chi connectivity index (χ3n) is 11.1. The van der Waals surface area contributed by atoms with E-state index in [9.17, 15) is 14.4 Å². The number of unbranched alkanes of at least 4 members (excludes halogenated alkanes) is 22. The fraction of sp³-hybridized carbons (Fsp3) is 0.707. The van der Waals surface area contributed by atoms with Gasteiger partial charge in [0, 0.05) is 19.3 Å². The molecule has 0 saturated heterocycles. The molecule has 6 nitrogen and oxygen atoms in total. The van der Waals surface area contributed by atoms with E-state index in [1.165, 1.54) is 89.9 Å². The van der Waals surface area contributed by atoms with Gasteiger partial charge in [-0.05, 0) is 89.9 Å². The maximum Gasteiger partial charge on any atom is 0.306 e. The lowest BCUT2D eigenvalue weighted by Gasteiger charge is -2.18. The van der Waals surface area contributed by atoms with Crippen LogP contribution >= 0.6 is 0 Å². The Bertz CT molecular complexity index is 1250. The molecule has 1 unspecified atom stereocenters. The Kier molecular flexibility index (Phi) is 49.4. The highest BCUT2D eigenvalue weighted by Crippen LogP contribution is 2.14. The van der Waals surface area contributed by atoms with Crippen molar-refractivity contribution in [1.82, 2.24) is 0 Å². The average molecular weight is 891 g/mol. The van der Waals surface area contributed by atoms with Gasteiger partial charge in [0.2, 0.25) is 0 Å². The van der Waals surface area contributed by atoms with E-state index in [0.717, 1.165) is 116 Å².